The molecule has 0 bridgehead atoms. The van der Waals surface area contributed by atoms with Crippen LogP contribution in [0.5, 0.6) is 0 Å². The third kappa shape index (κ3) is 4.25. The van der Waals surface area contributed by atoms with E-state index in [-0.39, 0.29) is 12.3 Å². The van der Waals surface area contributed by atoms with Crippen LogP contribution in [0.2, 0.25) is 10.0 Å². The number of anilines is 1. The Morgan fingerprint density at radius 1 is 1.11 bits per heavy atom. The van der Waals surface area contributed by atoms with Crippen molar-refractivity contribution in [2.75, 3.05) is 5.32 Å². The lowest BCUT2D eigenvalue weighted by Gasteiger charge is -2.01. The fourth-order valence-electron chi connectivity index (χ4n) is 2.58. The molecule has 2 heterocycles. The molecule has 4 rings (SSSR count). The average molecular weight is 430 g/mol. The molecule has 8 heteroatoms. The molecule has 1 N–H and O–H groups in total. The highest BCUT2D eigenvalue weighted by Crippen LogP contribution is 2.32. The Morgan fingerprint density at radius 3 is 2.75 bits per heavy atom. The molecule has 0 radical (unpaired) electrons. The van der Waals surface area contributed by atoms with Crippen molar-refractivity contribution >= 4 is 45.6 Å². The number of nitrogens with zero attached hydrogens (tertiary/aromatic N) is 2. The normalized spacial score (nSPS) is 10.8. The van der Waals surface area contributed by atoms with Gasteiger partial charge in [0, 0.05) is 21.5 Å². The zero-order valence-electron chi connectivity index (χ0n) is 14.4. The first kappa shape index (κ1) is 18.7. The summed E-state index contributed by atoms with van der Waals surface area (Å²) in [4.78, 5) is 21.1. The SMILES string of the molecule is O=C(Cc1coc(-c2ccccc2)n1)Nc1nc(-c2cc(Cl)ccc2Cl)cs1. The maximum absolute atomic E-state index is 12.3. The lowest BCUT2D eigenvalue weighted by molar-refractivity contribution is -0.115. The van der Waals surface area contributed by atoms with Gasteiger partial charge in [-0.2, -0.15) is 0 Å². The molecule has 0 atom stereocenters. The van der Waals surface area contributed by atoms with Crippen LogP contribution in [-0.2, 0) is 11.2 Å². The Labute approximate surface area is 175 Å². The van der Waals surface area contributed by atoms with E-state index in [9.17, 15) is 4.79 Å². The van der Waals surface area contributed by atoms with Gasteiger partial charge in [-0.15, -0.1) is 11.3 Å². The maximum Gasteiger partial charge on any atom is 0.232 e. The number of aromatic nitrogens is 2. The molecule has 5 nitrogen and oxygen atoms in total. The molecule has 0 unspecified atom stereocenters. The van der Waals surface area contributed by atoms with Crippen LogP contribution in [0.3, 0.4) is 0 Å². The van der Waals surface area contributed by atoms with Crippen LogP contribution >= 0.6 is 34.5 Å². The predicted octanol–water partition coefficient (Wildman–Crippen LogP) is 5.95. The molecule has 0 fully saturated rings. The Kier molecular flexibility index (Phi) is 5.43. The fourth-order valence-corrected chi connectivity index (χ4v) is 3.69. The summed E-state index contributed by atoms with van der Waals surface area (Å²) in [6.45, 7) is 0. The number of rotatable bonds is 5. The van der Waals surface area contributed by atoms with Gasteiger partial charge < -0.3 is 9.73 Å². The first-order valence-electron chi connectivity index (χ1n) is 8.29. The van der Waals surface area contributed by atoms with Crippen molar-refractivity contribution < 1.29 is 9.21 Å². The second kappa shape index (κ2) is 8.14. The van der Waals surface area contributed by atoms with E-state index in [2.05, 4.69) is 15.3 Å². The van der Waals surface area contributed by atoms with Crippen LogP contribution in [0.25, 0.3) is 22.7 Å². The summed E-state index contributed by atoms with van der Waals surface area (Å²) in [6.07, 6.45) is 1.57. The number of carbonyl (C=O) groups is 1. The quantitative estimate of drug-likeness (QED) is 0.425. The van der Waals surface area contributed by atoms with Gasteiger partial charge in [0.05, 0.1) is 22.8 Å². The number of hydrogen-bond donors (Lipinski definition) is 1. The number of hydrogen-bond acceptors (Lipinski definition) is 5. The summed E-state index contributed by atoms with van der Waals surface area (Å²) in [5, 5.41) is 6.18. The highest BCUT2D eigenvalue weighted by atomic mass is 35.5. The highest BCUT2D eigenvalue weighted by Gasteiger charge is 2.14. The zero-order chi connectivity index (χ0) is 19.5. The minimum Gasteiger partial charge on any atom is -0.444 e. The van der Waals surface area contributed by atoms with Gasteiger partial charge in [0.15, 0.2) is 5.13 Å². The van der Waals surface area contributed by atoms with Crippen molar-refractivity contribution in [3.8, 4) is 22.7 Å². The molecule has 0 spiro atoms. The molecule has 140 valence electrons. The fraction of sp³-hybridized carbons (Fsp3) is 0.0500. The molecule has 2 aromatic carbocycles. The van der Waals surface area contributed by atoms with Crippen LogP contribution in [0.15, 0.2) is 64.6 Å². The number of nitrogens with one attached hydrogen (secondary N) is 1. The molecule has 0 saturated carbocycles. The van der Waals surface area contributed by atoms with Gasteiger partial charge >= 0.3 is 0 Å². The first-order chi connectivity index (χ1) is 13.6. The third-order valence-corrected chi connectivity index (χ3v) is 5.19. The van der Waals surface area contributed by atoms with E-state index in [1.165, 1.54) is 17.6 Å². The van der Waals surface area contributed by atoms with Crippen molar-refractivity contribution in [3.05, 3.63) is 75.9 Å². The van der Waals surface area contributed by atoms with Gasteiger partial charge in [-0.1, -0.05) is 41.4 Å². The number of benzene rings is 2. The Morgan fingerprint density at radius 2 is 1.93 bits per heavy atom. The van der Waals surface area contributed by atoms with Gasteiger partial charge in [0.2, 0.25) is 11.8 Å². The molecule has 0 aliphatic heterocycles. The van der Waals surface area contributed by atoms with E-state index in [4.69, 9.17) is 27.6 Å². The molecule has 0 aliphatic rings. The maximum atomic E-state index is 12.3. The summed E-state index contributed by atoms with van der Waals surface area (Å²) in [7, 11) is 0. The van der Waals surface area contributed by atoms with Gasteiger partial charge in [-0.25, -0.2) is 9.97 Å². The second-order valence-corrected chi connectivity index (χ2v) is 7.60. The molecule has 28 heavy (non-hydrogen) atoms. The lowest BCUT2D eigenvalue weighted by Crippen LogP contribution is -2.14. The molecule has 4 aromatic rings. The van der Waals surface area contributed by atoms with E-state index in [0.29, 0.717) is 32.5 Å². The van der Waals surface area contributed by atoms with E-state index < -0.39 is 0 Å². The lowest BCUT2D eigenvalue weighted by atomic mass is 10.2. The van der Waals surface area contributed by atoms with Crippen molar-refractivity contribution in [2.24, 2.45) is 0 Å². The first-order valence-corrected chi connectivity index (χ1v) is 9.92. The minimum atomic E-state index is -0.231. The number of amides is 1. The summed E-state index contributed by atoms with van der Waals surface area (Å²) in [5.41, 5.74) is 2.78. The van der Waals surface area contributed by atoms with E-state index in [0.717, 1.165) is 11.1 Å². The van der Waals surface area contributed by atoms with Crippen LogP contribution in [0.1, 0.15) is 5.69 Å². The van der Waals surface area contributed by atoms with Gasteiger partial charge in [0.25, 0.3) is 0 Å². The summed E-state index contributed by atoms with van der Waals surface area (Å²) in [5.74, 6) is 0.251. The molecule has 0 saturated heterocycles. The zero-order valence-corrected chi connectivity index (χ0v) is 16.7. The molecule has 0 aliphatic carbocycles. The van der Waals surface area contributed by atoms with Crippen molar-refractivity contribution in [1.29, 1.82) is 0 Å². The topological polar surface area (TPSA) is 68.0 Å². The highest BCUT2D eigenvalue weighted by molar-refractivity contribution is 7.14. The molecule has 2 aromatic heterocycles. The second-order valence-electron chi connectivity index (χ2n) is 5.90. The van der Waals surface area contributed by atoms with E-state index in [1.807, 2.05) is 35.7 Å². The van der Waals surface area contributed by atoms with Gasteiger partial charge in [0.1, 0.15) is 6.26 Å². The molecular formula is C20H13Cl2N3O2S. The van der Waals surface area contributed by atoms with Crippen molar-refractivity contribution in [1.82, 2.24) is 9.97 Å². The molecule has 1 amide bonds. The van der Waals surface area contributed by atoms with Gasteiger partial charge in [-0.05, 0) is 30.3 Å². The third-order valence-electron chi connectivity index (χ3n) is 3.87. The largest absolute Gasteiger partial charge is 0.444 e. The van der Waals surface area contributed by atoms with Crippen molar-refractivity contribution in [2.45, 2.75) is 6.42 Å². The van der Waals surface area contributed by atoms with Gasteiger partial charge in [-0.3, -0.25) is 4.79 Å². The van der Waals surface area contributed by atoms with Crippen LogP contribution in [0, 0.1) is 0 Å². The minimum absolute atomic E-state index is 0.0865. The number of thiazole rings is 1. The van der Waals surface area contributed by atoms with Crippen LogP contribution in [0.4, 0.5) is 5.13 Å². The number of halogens is 2. The smallest absolute Gasteiger partial charge is 0.232 e. The van der Waals surface area contributed by atoms with Crippen molar-refractivity contribution in [3.63, 3.8) is 0 Å². The monoisotopic (exact) mass is 429 g/mol. The molecular weight excluding hydrogens is 417 g/mol. The van der Waals surface area contributed by atoms with Crippen LogP contribution < -0.4 is 5.32 Å². The number of oxazole rings is 1. The summed E-state index contributed by atoms with van der Waals surface area (Å²) in [6, 6.07) is 14.7. The van der Waals surface area contributed by atoms with Crippen LogP contribution in [-0.4, -0.2) is 15.9 Å². The standard InChI is InChI=1S/C20H13Cl2N3O2S/c21-13-6-7-16(22)15(8-13)17-11-28-20(24-17)25-18(26)9-14-10-27-19(23-14)12-4-2-1-3-5-12/h1-8,10-11H,9H2,(H,24,25,26). The Hall–Kier alpha value is -2.67. The summed E-state index contributed by atoms with van der Waals surface area (Å²) >= 11 is 13.5. The van der Waals surface area contributed by atoms with E-state index in [1.54, 1.807) is 18.2 Å². The average Bonchev–Trinajstić information content (AvgIpc) is 3.34. The van der Waals surface area contributed by atoms with E-state index >= 15 is 0 Å². The Balaban J connectivity index is 1.43. The predicted molar refractivity (Wildman–Crippen MR) is 112 cm³/mol. The summed E-state index contributed by atoms with van der Waals surface area (Å²) < 4.78 is 5.46. The number of carbonyl (C=O) groups excluding carboxylic acids is 1. The Bertz CT molecular complexity index is 1130.